The highest BCUT2D eigenvalue weighted by molar-refractivity contribution is 6.06. The third-order valence-electron chi connectivity index (χ3n) is 6.33. The van der Waals surface area contributed by atoms with Crippen LogP contribution in [0.2, 0.25) is 0 Å². The predicted octanol–water partition coefficient (Wildman–Crippen LogP) is 7.04. The van der Waals surface area contributed by atoms with Crippen LogP contribution in [-0.4, -0.2) is 28.8 Å². The van der Waals surface area contributed by atoms with E-state index in [9.17, 15) is 4.79 Å². The molecule has 1 aliphatic rings. The molecular formula is C31H41N3O3. The molecule has 0 radical (unpaired) electrons. The van der Waals surface area contributed by atoms with E-state index in [-0.39, 0.29) is 17.5 Å². The van der Waals surface area contributed by atoms with Gasteiger partial charge in [0, 0.05) is 17.3 Å². The molecule has 3 aromatic rings. The van der Waals surface area contributed by atoms with Crippen molar-refractivity contribution in [1.82, 2.24) is 9.55 Å². The van der Waals surface area contributed by atoms with E-state index >= 15 is 0 Å². The van der Waals surface area contributed by atoms with Crippen LogP contribution < -0.4 is 5.56 Å². The van der Waals surface area contributed by atoms with Gasteiger partial charge in [-0.15, -0.1) is 0 Å². The summed E-state index contributed by atoms with van der Waals surface area (Å²) in [6, 6.07) is 10.5. The number of aromatic nitrogens is 2. The van der Waals surface area contributed by atoms with Gasteiger partial charge < -0.3 is 10.2 Å². The Morgan fingerprint density at radius 3 is 2.30 bits per heavy atom. The van der Waals surface area contributed by atoms with E-state index in [0.29, 0.717) is 11.7 Å². The molecule has 2 aromatic carbocycles. The van der Waals surface area contributed by atoms with Gasteiger partial charge in [-0.1, -0.05) is 76.1 Å². The molecule has 0 bridgehead atoms. The second-order valence-electron chi connectivity index (χ2n) is 8.53. The smallest absolute Gasteiger partial charge is 0.261 e. The molecule has 6 nitrogen and oxygen atoms in total. The summed E-state index contributed by atoms with van der Waals surface area (Å²) >= 11 is 0. The highest BCUT2D eigenvalue weighted by Crippen LogP contribution is 2.30. The first-order chi connectivity index (χ1) is 18.1. The maximum absolute atomic E-state index is 13.4. The fourth-order valence-electron chi connectivity index (χ4n) is 4.64. The fraction of sp³-hybridized carbons (Fsp3) is 0.387. The van der Waals surface area contributed by atoms with E-state index in [0.717, 1.165) is 47.5 Å². The Balaban J connectivity index is 0.000000767. The van der Waals surface area contributed by atoms with Crippen LogP contribution in [0.25, 0.3) is 21.7 Å². The number of hydrogen-bond acceptors (Lipinski definition) is 5. The van der Waals surface area contributed by atoms with Gasteiger partial charge in [0.25, 0.3) is 5.56 Å². The van der Waals surface area contributed by atoms with E-state index in [2.05, 4.69) is 24.8 Å². The number of benzene rings is 2. The van der Waals surface area contributed by atoms with Gasteiger partial charge in [-0.25, -0.2) is 4.98 Å². The van der Waals surface area contributed by atoms with E-state index in [1.54, 1.807) is 6.33 Å². The van der Waals surface area contributed by atoms with Crippen LogP contribution in [0.15, 0.2) is 66.3 Å². The standard InChI is InChI=1S/C25H29N3O.C3H4O.C2H6.CH2O/c1-2-3-9-18(16-26)14-19-15-23-24(22-13-8-7-12-21(19)22)27-17-28(25(23)29)20-10-5-4-6-11-20;1-2-3-4;2*1-2/h2-3,7-8,12-13,15-18,20,26H,4-6,9-11,14H2,1H3;2-3H,1H2;1-2H3;1H2/b3-2+,26-16?;;;. The van der Waals surface area contributed by atoms with Crippen LogP contribution >= 0.6 is 0 Å². The number of aldehydes is 1. The molecule has 6 heteroatoms. The maximum Gasteiger partial charge on any atom is 0.261 e. The first kappa shape index (κ1) is 31.4. The van der Waals surface area contributed by atoms with E-state index in [4.69, 9.17) is 20.0 Å². The molecule has 4 rings (SSSR count). The molecule has 198 valence electrons. The van der Waals surface area contributed by atoms with Crippen LogP contribution in [0.4, 0.5) is 0 Å². The predicted molar refractivity (Wildman–Crippen MR) is 156 cm³/mol. The second-order valence-corrected chi connectivity index (χ2v) is 8.53. The number of rotatable bonds is 7. The highest BCUT2D eigenvalue weighted by atomic mass is 16.1. The van der Waals surface area contributed by atoms with Gasteiger partial charge in [-0.3, -0.25) is 14.2 Å². The van der Waals surface area contributed by atoms with Crippen LogP contribution in [0.3, 0.4) is 0 Å². The van der Waals surface area contributed by atoms with Crippen molar-refractivity contribution in [1.29, 1.82) is 5.41 Å². The molecule has 1 aliphatic carbocycles. The molecule has 1 unspecified atom stereocenters. The molecular weight excluding hydrogens is 462 g/mol. The van der Waals surface area contributed by atoms with Crippen molar-refractivity contribution in [2.45, 2.75) is 71.8 Å². The first-order valence-electron chi connectivity index (χ1n) is 13.0. The van der Waals surface area contributed by atoms with Crippen molar-refractivity contribution in [3.05, 3.63) is 77.4 Å². The Morgan fingerprint density at radius 1 is 1.11 bits per heavy atom. The van der Waals surface area contributed by atoms with Crippen molar-refractivity contribution in [2.24, 2.45) is 5.92 Å². The quantitative estimate of drug-likeness (QED) is 0.123. The van der Waals surface area contributed by atoms with Crippen molar-refractivity contribution < 1.29 is 9.59 Å². The topological polar surface area (TPSA) is 92.9 Å². The van der Waals surface area contributed by atoms with Crippen LogP contribution in [-0.2, 0) is 16.0 Å². The molecule has 0 aliphatic heterocycles. The van der Waals surface area contributed by atoms with Crippen molar-refractivity contribution in [2.75, 3.05) is 0 Å². The molecule has 1 aromatic heterocycles. The van der Waals surface area contributed by atoms with Gasteiger partial charge in [0.15, 0.2) is 0 Å². The number of carbonyl (C=O) groups is 2. The SMILES string of the molecule is C/C=C/CC(C=N)Cc1cc2c(=O)n(C3CCCCC3)cnc2c2ccccc12.C=CC=O.C=O.CC. The van der Waals surface area contributed by atoms with Gasteiger partial charge in [0.1, 0.15) is 13.1 Å². The lowest BCUT2D eigenvalue weighted by atomic mass is 9.91. The lowest BCUT2D eigenvalue weighted by Gasteiger charge is -2.24. The highest BCUT2D eigenvalue weighted by Gasteiger charge is 2.19. The maximum atomic E-state index is 13.4. The molecule has 1 heterocycles. The zero-order valence-electron chi connectivity index (χ0n) is 22.5. The number of hydrogen-bond donors (Lipinski definition) is 1. The minimum absolute atomic E-state index is 0.0776. The van der Waals surface area contributed by atoms with Gasteiger partial charge in [-0.05, 0) is 61.9 Å². The average molecular weight is 504 g/mol. The Hall–Kier alpha value is -3.67. The number of nitrogens with zero attached hydrogens (tertiary/aromatic N) is 2. The normalized spacial score (nSPS) is 13.8. The summed E-state index contributed by atoms with van der Waals surface area (Å²) in [6.45, 7) is 11.1. The third kappa shape index (κ3) is 8.45. The van der Waals surface area contributed by atoms with Crippen LogP contribution in [0, 0.1) is 11.3 Å². The van der Waals surface area contributed by atoms with Crippen molar-refractivity contribution in [3.8, 4) is 0 Å². The van der Waals surface area contributed by atoms with E-state index < -0.39 is 0 Å². The Kier molecular flexibility index (Phi) is 15.0. The third-order valence-corrected chi connectivity index (χ3v) is 6.33. The summed E-state index contributed by atoms with van der Waals surface area (Å²) in [5, 5.41) is 10.7. The van der Waals surface area contributed by atoms with Crippen LogP contribution in [0.1, 0.15) is 70.9 Å². The number of nitrogens with one attached hydrogen (secondary N) is 1. The van der Waals surface area contributed by atoms with Crippen molar-refractivity contribution in [3.63, 3.8) is 0 Å². The largest absolute Gasteiger partial charge is 0.313 e. The lowest BCUT2D eigenvalue weighted by Crippen LogP contribution is -2.26. The van der Waals surface area contributed by atoms with E-state index in [1.165, 1.54) is 31.6 Å². The zero-order chi connectivity index (χ0) is 27.6. The Labute approximate surface area is 220 Å². The van der Waals surface area contributed by atoms with Gasteiger partial charge in [-0.2, -0.15) is 0 Å². The molecule has 1 atom stereocenters. The molecule has 0 saturated heterocycles. The van der Waals surface area contributed by atoms with Gasteiger partial charge in [0.2, 0.25) is 0 Å². The number of allylic oxidation sites excluding steroid dienone is 3. The monoisotopic (exact) mass is 503 g/mol. The van der Waals surface area contributed by atoms with Crippen molar-refractivity contribution >= 4 is 41.0 Å². The minimum atomic E-state index is 0.0776. The minimum Gasteiger partial charge on any atom is -0.313 e. The summed E-state index contributed by atoms with van der Waals surface area (Å²) < 4.78 is 1.87. The molecule has 37 heavy (non-hydrogen) atoms. The summed E-state index contributed by atoms with van der Waals surface area (Å²) in [7, 11) is 0. The lowest BCUT2D eigenvalue weighted by molar-refractivity contribution is -0.104. The Morgan fingerprint density at radius 2 is 1.73 bits per heavy atom. The summed E-state index contributed by atoms with van der Waals surface area (Å²) in [5.41, 5.74) is 2.00. The fourth-order valence-corrected chi connectivity index (χ4v) is 4.64. The number of fused-ring (bicyclic) bond motifs is 3. The van der Waals surface area contributed by atoms with Gasteiger partial charge >= 0.3 is 0 Å². The molecule has 1 fully saturated rings. The molecule has 0 spiro atoms. The second kappa shape index (κ2) is 17.7. The molecule has 1 N–H and O–H groups in total. The molecule has 0 amide bonds. The Bertz CT molecular complexity index is 1220. The van der Waals surface area contributed by atoms with Gasteiger partial charge in [0.05, 0.1) is 17.2 Å². The van der Waals surface area contributed by atoms with Crippen LogP contribution in [0.5, 0.6) is 0 Å². The summed E-state index contributed by atoms with van der Waals surface area (Å²) in [4.78, 5) is 35.2. The first-order valence-corrected chi connectivity index (χ1v) is 13.0. The average Bonchev–Trinajstić information content (AvgIpc) is 2.98. The summed E-state index contributed by atoms with van der Waals surface area (Å²) in [5.74, 6) is 0.129. The van der Waals surface area contributed by atoms with E-state index in [1.807, 2.05) is 56.4 Å². The summed E-state index contributed by atoms with van der Waals surface area (Å²) in [6.07, 6.45) is 16.6. The number of carbonyl (C=O) groups excluding carboxylic acids is 2. The molecule has 1 saturated carbocycles. The zero-order valence-corrected chi connectivity index (χ0v) is 22.5.